The van der Waals surface area contributed by atoms with Crippen molar-refractivity contribution in [3.8, 4) is 0 Å². The van der Waals surface area contributed by atoms with Crippen molar-refractivity contribution >= 4 is 5.69 Å². The second-order valence-electron chi connectivity index (χ2n) is 2.07. The number of hydrogen-bond donors (Lipinski definition) is 2. The van der Waals surface area contributed by atoms with E-state index in [1.165, 1.54) is 12.4 Å². The van der Waals surface area contributed by atoms with Gasteiger partial charge in [-0.25, -0.2) is 0 Å². The van der Waals surface area contributed by atoms with E-state index in [4.69, 9.17) is 9.94 Å². The van der Waals surface area contributed by atoms with Gasteiger partial charge in [0.2, 0.25) is 0 Å². The molecule has 1 rings (SSSR count). The van der Waals surface area contributed by atoms with Crippen molar-refractivity contribution < 1.29 is 9.94 Å². The maximum Gasteiger partial charge on any atom is 0.0896 e. The van der Waals surface area contributed by atoms with Crippen molar-refractivity contribution in [2.45, 2.75) is 0 Å². The molecule has 0 radical (unpaired) electrons. The predicted molar refractivity (Wildman–Crippen MR) is 39.8 cm³/mol. The van der Waals surface area contributed by atoms with Crippen LogP contribution >= 0.6 is 0 Å². The zero-order valence-electron chi connectivity index (χ0n) is 6.32. The second-order valence-corrected chi connectivity index (χ2v) is 2.07. The largest absolute Gasteiger partial charge is 0.412 e. The molecule has 0 saturated carbocycles. The van der Waals surface area contributed by atoms with Crippen molar-refractivity contribution in [2.24, 2.45) is 0 Å². The Balaban J connectivity index is 2.27. The predicted octanol–water partition coefficient (Wildman–Crippen LogP) is 0.179. The van der Waals surface area contributed by atoms with Crippen LogP contribution in [0.15, 0.2) is 12.4 Å². The molecule has 11 heavy (non-hydrogen) atoms. The number of hydrogen-bond acceptors (Lipinski definition) is 4. The Morgan fingerprint density at radius 2 is 2.64 bits per heavy atom. The molecule has 0 fully saturated rings. The minimum absolute atomic E-state index is 0.636. The molecule has 1 aromatic rings. The van der Waals surface area contributed by atoms with E-state index in [0.29, 0.717) is 13.2 Å². The molecular weight excluding hydrogens is 146 g/mol. The minimum Gasteiger partial charge on any atom is -0.412 e. The lowest BCUT2D eigenvalue weighted by atomic mass is 10.5. The summed E-state index contributed by atoms with van der Waals surface area (Å²) in [5, 5.41) is 15.3. The van der Waals surface area contributed by atoms with E-state index in [2.05, 4.69) is 10.4 Å². The van der Waals surface area contributed by atoms with E-state index in [9.17, 15) is 0 Å². The van der Waals surface area contributed by atoms with Crippen molar-refractivity contribution in [2.75, 3.05) is 25.6 Å². The number of nitrogens with one attached hydrogen (secondary N) is 1. The third kappa shape index (κ3) is 2.46. The smallest absolute Gasteiger partial charge is 0.0896 e. The summed E-state index contributed by atoms with van der Waals surface area (Å²) in [5.74, 6) is 0. The molecule has 5 heteroatoms. The Kier molecular flexibility index (Phi) is 2.74. The topological polar surface area (TPSA) is 59.3 Å². The van der Waals surface area contributed by atoms with E-state index in [-0.39, 0.29) is 0 Å². The Bertz CT molecular complexity index is 211. The summed E-state index contributed by atoms with van der Waals surface area (Å²) in [5.41, 5.74) is 0.782. The molecule has 1 aromatic heterocycles. The lowest BCUT2D eigenvalue weighted by Crippen LogP contribution is -2.06. The molecule has 0 bridgehead atoms. The Hall–Kier alpha value is -1.23. The molecule has 62 valence electrons. The standard InChI is InChI=1S/C6H11N3O2/c1-11-3-2-7-6-4-8-9(10)5-6/h4-5,7,10H,2-3H2,1H3. The molecule has 2 N–H and O–H groups in total. The van der Waals surface area contributed by atoms with Gasteiger partial charge < -0.3 is 15.3 Å². The van der Waals surface area contributed by atoms with Crippen molar-refractivity contribution in [3.05, 3.63) is 12.4 Å². The van der Waals surface area contributed by atoms with E-state index < -0.39 is 0 Å². The van der Waals surface area contributed by atoms with Crippen LogP contribution < -0.4 is 5.32 Å². The fraction of sp³-hybridized carbons (Fsp3) is 0.500. The first-order valence-electron chi connectivity index (χ1n) is 3.29. The summed E-state index contributed by atoms with van der Waals surface area (Å²) >= 11 is 0. The Morgan fingerprint density at radius 1 is 1.82 bits per heavy atom. The Labute approximate surface area is 64.5 Å². The quantitative estimate of drug-likeness (QED) is 0.483. The highest BCUT2D eigenvalue weighted by atomic mass is 16.5. The molecule has 0 saturated heterocycles. The molecule has 0 aliphatic rings. The average Bonchev–Trinajstić information content (AvgIpc) is 2.37. The van der Waals surface area contributed by atoms with Gasteiger partial charge in [-0.2, -0.15) is 0 Å². The number of ether oxygens (including phenoxy) is 1. The third-order valence-corrected chi connectivity index (χ3v) is 1.20. The number of rotatable bonds is 4. The number of anilines is 1. The van der Waals surface area contributed by atoms with Crippen LogP contribution in [0.2, 0.25) is 0 Å². The highest BCUT2D eigenvalue weighted by Gasteiger charge is 1.93. The molecule has 1 heterocycles. The molecule has 0 aliphatic heterocycles. The summed E-state index contributed by atoms with van der Waals surface area (Å²) in [4.78, 5) is 0.759. The van der Waals surface area contributed by atoms with Gasteiger partial charge in [0.05, 0.1) is 24.7 Å². The van der Waals surface area contributed by atoms with Crippen LogP contribution in [-0.2, 0) is 4.74 Å². The average molecular weight is 157 g/mol. The summed E-state index contributed by atoms with van der Waals surface area (Å²) in [6.07, 6.45) is 3.02. The molecule has 0 aliphatic carbocycles. The van der Waals surface area contributed by atoms with Gasteiger partial charge in [0.25, 0.3) is 0 Å². The first-order chi connectivity index (χ1) is 5.33. The van der Waals surface area contributed by atoms with Gasteiger partial charge in [0.1, 0.15) is 0 Å². The zero-order valence-corrected chi connectivity index (χ0v) is 6.32. The molecule has 0 atom stereocenters. The van der Waals surface area contributed by atoms with Crippen LogP contribution in [0.25, 0.3) is 0 Å². The van der Waals surface area contributed by atoms with Gasteiger partial charge in [-0.3, -0.25) is 0 Å². The fourth-order valence-corrected chi connectivity index (χ4v) is 0.701. The van der Waals surface area contributed by atoms with Crippen molar-refractivity contribution in [1.82, 2.24) is 9.94 Å². The SMILES string of the molecule is COCCNc1cnn(O)c1. The monoisotopic (exact) mass is 157 g/mol. The van der Waals surface area contributed by atoms with Crippen LogP contribution in [-0.4, -0.2) is 35.4 Å². The highest BCUT2D eigenvalue weighted by Crippen LogP contribution is 2.01. The third-order valence-electron chi connectivity index (χ3n) is 1.20. The molecular formula is C6H11N3O2. The fourth-order valence-electron chi connectivity index (χ4n) is 0.701. The summed E-state index contributed by atoms with van der Waals surface area (Å²) in [6.45, 7) is 1.35. The van der Waals surface area contributed by atoms with E-state index in [1.54, 1.807) is 7.11 Å². The molecule has 0 spiro atoms. The Morgan fingerprint density at radius 3 is 3.18 bits per heavy atom. The molecule has 0 amide bonds. The van der Waals surface area contributed by atoms with Crippen LogP contribution in [0.5, 0.6) is 0 Å². The van der Waals surface area contributed by atoms with Crippen LogP contribution in [0.1, 0.15) is 0 Å². The summed E-state index contributed by atoms with van der Waals surface area (Å²) in [6, 6.07) is 0. The summed E-state index contributed by atoms with van der Waals surface area (Å²) in [7, 11) is 1.64. The maximum atomic E-state index is 8.74. The number of methoxy groups -OCH3 is 1. The first kappa shape index (κ1) is 7.87. The number of aromatic nitrogens is 2. The van der Waals surface area contributed by atoms with E-state index in [1.807, 2.05) is 0 Å². The van der Waals surface area contributed by atoms with Gasteiger partial charge in [0, 0.05) is 13.7 Å². The maximum absolute atomic E-state index is 8.74. The zero-order chi connectivity index (χ0) is 8.10. The first-order valence-corrected chi connectivity index (χ1v) is 3.29. The van der Waals surface area contributed by atoms with Crippen LogP contribution in [0.4, 0.5) is 5.69 Å². The molecule has 0 aromatic carbocycles. The number of nitrogens with zero attached hydrogens (tertiary/aromatic N) is 2. The molecule has 5 nitrogen and oxygen atoms in total. The lowest BCUT2D eigenvalue weighted by molar-refractivity contribution is 0.149. The van der Waals surface area contributed by atoms with Gasteiger partial charge in [0.15, 0.2) is 0 Å². The highest BCUT2D eigenvalue weighted by molar-refractivity contribution is 5.37. The minimum atomic E-state index is 0.636. The van der Waals surface area contributed by atoms with Crippen LogP contribution in [0.3, 0.4) is 0 Å². The van der Waals surface area contributed by atoms with Gasteiger partial charge in [-0.1, -0.05) is 0 Å². The second kappa shape index (κ2) is 3.82. The molecule has 0 unspecified atom stereocenters. The lowest BCUT2D eigenvalue weighted by Gasteiger charge is -1.99. The van der Waals surface area contributed by atoms with Gasteiger partial charge in [-0.15, -0.1) is 9.94 Å². The van der Waals surface area contributed by atoms with Crippen molar-refractivity contribution in [3.63, 3.8) is 0 Å². The van der Waals surface area contributed by atoms with Gasteiger partial charge >= 0.3 is 0 Å². The van der Waals surface area contributed by atoms with Crippen molar-refractivity contribution in [1.29, 1.82) is 0 Å². The van der Waals surface area contributed by atoms with E-state index >= 15 is 0 Å². The van der Waals surface area contributed by atoms with Gasteiger partial charge in [-0.05, 0) is 0 Å². The summed E-state index contributed by atoms with van der Waals surface area (Å²) < 4.78 is 4.82. The normalized spacial score (nSPS) is 9.91. The van der Waals surface area contributed by atoms with Crippen LogP contribution in [0, 0.1) is 0 Å². The van der Waals surface area contributed by atoms with E-state index in [0.717, 1.165) is 10.5 Å².